The van der Waals surface area contributed by atoms with Gasteiger partial charge in [-0.25, -0.2) is 4.98 Å². The number of carbonyl (C=O) groups is 1. The highest BCUT2D eigenvalue weighted by atomic mass is 16.2. The number of benzene rings is 1. The van der Waals surface area contributed by atoms with Crippen LogP contribution in [0.15, 0.2) is 24.3 Å². The number of fused-ring (bicyclic) bond motifs is 1. The molecule has 0 saturated heterocycles. The minimum Gasteiger partial charge on any atom is -0.346 e. The molecule has 0 radical (unpaired) electrons. The van der Waals surface area contributed by atoms with Gasteiger partial charge in [0, 0.05) is 26.4 Å². The highest BCUT2D eigenvalue weighted by molar-refractivity contribution is 5.77. The number of nitrogens with zero attached hydrogens (tertiary/aromatic N) is 2. The van der Waals surface area contributed by atoms with Crippen LogP contribution in [0.4, 0.5) is 0 Å². The lowest BCUT2D eigenvalue weighted by atomic mass is 10.2. The van der Waals surface area contributed by atoms with E-state index in [-0.39, 0.29) is 5.91 Å². The number of H-pyrrole nitrogens is 1. The summed E-state index contributed by atoms with van der Waals surface area (Å²) in [5, 5.41) is 0. The Hall–Kier alpha value is -1.84. The zero-order valence-corrected chi connectivity index (χ0v) is 10.2. The van der Waals surface area contributed by atoms with Crippen molar-refractivity contribution in [3.05, 3.63) is 30.1 Å². The molecule has 0 aliphatic carbocycles. The number of nitrogens with one attached hydrogen (secondary N) is 1. The van der Waals surface area contributed by atoms with Crippen molar-refractivity contribution in [2.24, 2.45) is 0 Å². The summed E-state index contributed by atoms with van der Waals surface area (Å²) >= 11 is 0. The molecule has 4 nitrogen and oxygen atoms in total. The van der Waals surface area contributed by atoms with Gasteiger partial charge in [0.2, 0.25) is 5.91 Å². The van der Waals surface area contributed by atoms with E-state index in [2.05, 4.69) is 9.97 Å². The number of aromatic nitrogens is 2. The maximum Gasteiger partial charge on any atom is 0.222 e. The summed E-state index contributed by atoms with van der Waals surface area (Å²) in [6.45, 7) is 2.72. The Morgan fingerprint density at radius 1 is 1.41 bits per heavy atom. The van der Waals surface area contributed by atoms with Crippen molar-refractivity contribution in [1.29, 1.82) is 0 Å². The van der Waals surface area contributed by atoms with Crippen LogP contribution in [0, 0.1) is 0 Å². The number of para-hydroxylation sites is 2. The van der Waals surface area contributed by atoms with Crippen LogP contribution < -0.4 is 0 Å². The Morgan fingerprint density at radius 3 is 2.88 bits per heavy atom. The Kier molecular flexibility index (Phi) is 3.42. The third-order valence-corrected chi connectivity index (χ3v) is 2.91. The molecule has 1 N–H and O–H groups in total. The predicted octanol–water partition coefficient (Wildman–Crippen LogP) is 1.97. The molecule has 0 saturated carbocycles. The monoisotopic (exact) mass is 231 g/mol. The lowest BCUT2D eigenvalue weighted by molar-refractivity contribution is -0.129. The first kappa shape index (κ1) is 11.6. The first-order valence-electron chi connectivity index (χ1n) is 5.88. The zero-order chi connectivity index (χ0) is 12.3. The highest BCUT2D eigenvalue weighted by Crippen LogP contribution is 2.11. The Balaban J connectivity index is 2.02. The number of aromatic amines is 1. The molecule has 4 heteroatoms. The quantitative estimate of drug-likeness (QED) is 0.874. The van der Waals surface area contributed by atoms with Crippen LogP contribution in [0.25, 0.3) is 11.0 Å². The smallest absolute Gasteiger partial charge is 0.222 e. The molecule has 1 aromatic carbocycles. The number of imidazole rings is 1. The summed E-state index contributed by atoms with van der Waals surface area (Å²) in [6, 6.07) is 7.89. The van der Waals surface area contributed by atoms with Crippen molar-refractivity contribution in [3.8, 4) is 0 Å². The largest absolute Gasteiger partial charge is 0.346 e. The maximum atomic E-state index is 11.6. The third kappa shape index (κ3) is 2.64. The summed E-state index contributed by atoms with van der Waals surface area (Å²) in [6.07, 6.45) is 1.17. The van der Waals surface area contributed by atoms with Crippen LogP contribution in [0.2, 0.25) is 0 Å². The Bertz CT molecular complexity index is 485. The molecule has 17 heavy (non-hydrogen) atoms. The van der Waals surface area contributed by atoms with Gasteiger partial charge in [0.1, 0.15) is 5.82 Å². The van der Waals surface area contributed by atoms with E-state index in [0.29, 0.717) is 12.8 Å². The van der Waals surface area contributed by atoms with Crippen LogP contribution in [-0.4, -0.2) is 34.4 Å². The number of carbonyl (C=O) groups excluding carboxylic acids is 1. The van der Waals surface area contributed by atoms with Crippen LogP contribution in [0.5, 0.6) is 0 Å². The molecule has 0 fully saturated rings. The SMILES string of the molecule is CCN(C)C(=O)CCc1nc2ccccc2[nH]1. The second kappa shape index (κ2) is 4.99. The van der Waals surface area contributed by atoms with Crippen molar-refractivity contribution < 1.29 is 4.79 Å². The molecule has 2 rings (SSSR count). The van der Waals surface area contributed by atoms with Gasteiger partial charge in [-0.05, 0) is 19.1 Å². The van der Waals surface area contributed by atoms with Gasteiger partial charge < -0.3 is 9.88 Å². The fourth-order valence-electron chi connectivity index (χ4n) is 1.72. The van der Waals surface area contributed by atoms with E-state index in [1.165, 1.54) is 0 Å². The molecule has 0 aliphatic rings. The second-order valence-corrected chi connectivity index (χ2v) is 4.11. The van der Waals surface area contributed by atoms with Crippen molar-refractivity contribution in [2.75, 3.05) is 13.6 Å². The van der Waals surface area contributed by atoms with E-state index in [1.54, 1.807) is 4.90 Å². The zero-order valence-electron chi connectivity index (χ0n) is 10.2. The highest BCUT2D eigenvalue weighted by Gasteiger charge is 2.08. The average molecular weight is 231 g/mol. The van der Waals surface area contributed by atoms with Gasteiger partial charge in [-0.1, -0.05) is 12.1 Å². The third-order valence-electron chi connectivity index (χ3n) is 2.91. The number of amides is 1. The first-order chi connectivity index (χ1) is 8.20. The summed E-state index contributed by atoms with van der Waals surface area (Å²) in [7, 11) is 1.82. The number of hydrogen-bond acceptors (Lipinski definition) is 2. The summed E-state index contributed by atoms with van der Waals surface area (Å²) in [5.41, 5.74) is 1.98. The van der Waals surface area contributed by atoms with E-state index in [9.17, 15) is 4.79 Å². The topological polar surface area (TPSA) is 49.0 Å². The van der Waals surface area contributed by atoms with Crippen LogP contribution in [0.3, 0.4) is 0 Å². The van der Waals surface area contributed by atoms with Gasteiger partial charge in [0.05, 0.1) is 11.0 Å². The molecule has 0 unspecified atom stereocenters. The van der Waals surface area contributed by atoms with Crippen molar-refractivity contribution in [3.63, 3.8) is 0 Å². The number of aryl methyl sites for hydroxylation is 1. The molecule has 1 heterocycles. The van der Waals surface area contributed by atoms with Crippen LogP contribution >= 0.6 is 0 Å². The molecule has 1 aromatic heterocycles. The molecular formula is C13H17N3O. The molecular weight excluding hydrogens is 214 g/mol. The summed E-state index contributed by atoms with van der Waals surface area (Å²) in [4.78, 5) is 21.0. The van der Waals surface area contributed by atoms with Gasteiger partial charge in [-0.3, -0.25) is 4.79 Å². The molecule has 0 spiro atoms. The van der Waals surface area contributed by atoms with Crippen LogP contribution in [0.1, 0.15) is 19.2 Å². The van der Waals surface area contributed by atoms with Gasteiger partial charge in [0.15, 0.2) is 0 Å². The molecule has 0 bridgehead atoms. The lowest BCUT2D eigenvalue weighted by Gasteiger charge is -2.13. The van der Waals surface area contributed by atoms with E-state index in [1.807, 2.05) is 38.2 Å². The lowest BCUT2D eigenvalue weighted by Crippen LogP contribution is -2.26. The first-order valence-corrected chi connectivity index (χ1v) is 5.88. The maximum absolute atomic E-state index is 11.6. The fourth-order valence-corrected chi connectivity index (χ4v) is 1.72. The normalized spacial score (nSPS) is 10.7. The number of rotatable bonds is 4. The fraction of sp³-hybridized carbons (Fsp3) is 0.385. The summed E-state index contributed by atoms with van der Waals surface area (Å²) < 4.78 is 0. The summed E-state index contributed by atoms with van der Waals surface area (Å²) in [5.74, 6) is 1.04. The van der Waals surface area contributed by atoms with E-state index in [4.69, 9.17) is 0 Å². The molecule has 1 amide bonds. The average Bonchev–Trinajstić information content (AvgIpc) is 2.77. The molecule has 0 atom stereocenters. The standard InChI is InChI=1S/C13H17N3O/c1-3-16(2)13(17)9-8-12-14-10-6-4-5-7-11(10)15-12/h4-7H,3,8-9H2,1-2H3,(H,14,15). The van der Waals surface area contributed by atoms with E-state index >= 15 is 0 Å². The Morgan fingerprint density at radius 2 is 2.18 bits per heavy atom. The minimum absolute atomic E-state index is 0.160. The van der Waals surface area contributed by atoms with Crippen molar-refractivity contribution in [2.45, 2.75) is 19.8 Å². The van der Waals surface area contributed by atoms with Gasteiger partial charge in [-0.2, -0.15) is 0 Å². The van der Waals surface area contributed by atoms with Crippen molar-refractivity contribution >= 4 is 16.9 Å². The Labute approximate surface area is 101 Å². The van der Waals surface area contributed by atoms with E-state index < -0.39 is 0 Å². The van der Waals surface area contributed by atoms with Crippen molar-refractivity contribution in [1.82, 2.24) is 14.9 Å². The van der Waals surface area contributed by atoms with Gasteiger partial charge in [0.25, 0.3) is 0 Å². The van der Waals surface area contributed by atoms with Crippen LogP contribution in [-0.2, 0) is 11.2 Å². The minimum atomic E-state index is 0.160. The second-order valence-electron chi connectivity index (χ2n) is 4.11. The predicted molar refractivity (Wildman–Crippen MR) is 67.7 cm³/mol. The van der Waals surface area contributed by atoms with Gasteiger partial charge in [-0.15, -0.1) is 0 Å². The molecule has 90 valence electrons. The molecule has 0 aliphatic heterocycles. The molecule has 2 aromatic rings. The van der Waals surface area contributed by atoms with Gasteiger partial charge >= 0.3 is 0 Å². The number of hydrogen-bond donors (Lipinski definition) is 1. The van der Waals surface area contributed by atoms with E-state index in [0.717, 1.165) is 23.4 Å².